The summed E-state index contributed by atoms with van der Waals surface area (Å²) < 4.78 is 53.2. The molecule has 1 N–H and O–H groups in total. The number of nitro groups is 1. The second-order valence-corrected chi connectivity index (χ2v) is 11.1. The van der Waals surface area contributed by atoms with Crippen LogP contribution in [-0.4, -0.2) is 41.0 Å². The molecule has 16 heteroatoms. The topological polar surface area (TPSA) is 134 Å². The molecule has 0 aliphatic rings. The highest BCUT2D eigenvalue weighted by Gasteiger charge is 2.31. The minimum Gasteiger partial charge on any atom is -0.463 e. The van der Waals surface area contributed by atoms with Crippen molar-refractivity contribution in [3.63, 3.8) is 0 Å². The molecule has 0 saturated heterocycles. The molecule has 1 atom stereocenters. The maximum Gasteiger partial charge on any atom is 0.416 e. The average molecular weight is 718 g/mol. The summed E-state index contributed by atoms with van der Waals surface area (Å²) in [7, 11) is 0. The summed E-state index contributed by atoms with van der Waals surface area (Å²) in [5.74, 6) is -0.183. The van der Waals surface area contributed by atoms with Crippen molar-refractivity contribution in [2.75, 3.05) is 6.61 Å². The predicted octanol–water partition coefficient (Wildman–Crippen LogP) is 8.30. The molecule has 0 aliphatic heterocycles. The number of hydrogen-bond donors (Lipinski definition) is 1. The number of carbonyl (C=O) groups excluding carboxylic acids is 3. The van der Waals surface area contributed by atoms with Crippen LogP contribution < -0.4 is 10.1 Å². The molecule has 0 radical (unpaired) electrons. The van der Waals surface area contributed by atoms with Gasteiger partial charge in [-0.05, 0) is 70.2 Å². The van der Waals surface area contributed by atoms with Crippen molar-refractivity contribution in [3.8, 4) is 23.8 Å². The van der Waals surface area contributed by atoms with Gasteiger partial charge < -0.3 is 19.5 Å². The molecule has 0 aromatic heterocycles. The van der Waals surface area contributed by atoms with Crippen molar-refractivity contribution in [2.24, 2.45) is 0 Å². The molecule has 1 unspecified atom stereocenters. The summed E-state index contributed by atoms with van der Waals surface area (Å²) in [4.78, 5) is 46.2. The van der Waals surface area contributed by atoms with E-state index in [1.165, 1.54) is 19.1 Å². The van der Waals surface area contributed by atoms with Crippen LogP contribution in [-0.2, 0) is 20.4 Å². The third kappa shape index (κ3) is 11.7. The van der Waals surface area contributed by atoms with E-state index in [1.54, 1.807) is 26.8 Å². The number of nitro benzene ring substituents is 1. The highest BCUT2D eigenvalue weighted by molar-refractivity contribution is 6.35. The van der Waals surface area contributed by atoms with Crippen molar-refractivity contribution < 1.29 is 46.7 Å². The smallest absolute Gasteiger partial charge is 0.416 e. The maximum atomic E-state index is 12.8. The number of alkyl halides is 3. The van der Waals surface area contributed by atoms with Gasteiger partial charge in [-0.3, -0.25) is 14.9 Å². The Morgan fingerprint density at radius 3 is 2.15 bits per heavy atom. The van der Waals surface area contributed by atoms with Crippen molar-refractivity contribution in [1.29, 1.82) is 0 Å². The monoisotopic (exact) mass is 716 g/mol. The number of nitrogens with one attached hydrogen (secondary N) is 1. The number of hydrogen-bond acceptors (Lipinski definition) is 8. The first-order chi connectivity index (χ1) is 21.8. The van der Waals surface area contributed by atoms with E-state index in [4.69, 9.17) is 55.4 Å². The minimum absolute atomic E-state index is 0.0398. The molecule has 3 aromatic carbocycles. The molecule has 0 bridgehead atoms. The number of esters is 2. The van der Waals surface area contributed by atoms with Gasteiger partial charge in [0.15, 0.2) is 6.10 Å². The fraction of sp³-hybridized carbons (Fsp3) is 0.258. The lowest BCUT2D eigenvalue weighted by Gasteiger charge is -2.19. The Morgan fingerprint density at radius 1 is 1.02 bits per heavy atom. The van der Waals surface area contributed by atoms with Gasteiger partial charge in [-0.25, -0.2) is 9.59 Å². The van der Waals surface area contributed by atoms with Crippen LogP contribution >= 0.6 is 34.8 Å². The zero-order chi connectivity index (χ0) is 35.7. The quantitative estimate of drug-likeness (QED) is 0.101. The molecule has 3 rings (SSSR count). The molecule has 250 valence electrons. The zero-order valence-corrected chi connectivity index (χ0v) is 27.3. The number of amides is 1. The maximum absolute atomic E-state index is 12.8. The van der Waals surface area contributed by atoms with E-state index in [-0.39, 0.29) is 29.0 Å². The van der Waals surface area contributed by atoms with Gasteiger partial charge >= 0.3 is 18.1 Å². The molecule has 3 aromatic rings. The lowest BCUT2D eigenvalue weighted by molar-refractivity contribution is -0.385. The van der Waals surface area contributed by atoms with E-state index in [1.807, 2.05) is 0 Å². The molecular weight excluding hydrogens is 692 g/mol. The van der Waals surface area contributed by atoms with Crippen molar-refractivity contribution in [3.05, 3.63) is 96.5 Å². The largest absolute Gasteiger partial charge is 0.463 e. The summed E-state index contributed by atoms with van der Waals surface area (Å²) in [6.07, 6.45) is -0.666. The van der Waals surface area contributed by atoms with Crippen LogP contribution in [0.4, 0.5) is 18.9 Å². The van der Waals surface area contributed by atoms with E-state index >= 15 is 0 Å². The van der Waals surface area contributed by atoms with Crippen LogP contribution in [0.1, 0.15) is 54.0 Å². The second kappa shape index (κ2) is 16.4. The molecule has 1 amide bonds. The highest BCUT2D eigenvalue weighted by Crippen LogP contribution is 2.37. The van der Waals surface area contributed by atoms with Crippen LogP contribution in [0.3, 0.4) is 0 Å². The van der Waals surface area contributed by atoms with Gasteiger partial charge in [0.2, 0.25) is 0 Å². The van der Waals surface area contributed by atoms with Crippen LogP contribution in [0.5, 0.6) is 11.5 Å². The lowest BCUT2D eigenvalue weighted by atomic mass is 10.1. The first-order valence-electron chi connectivity index (χ1n) is 13.2. The number of rotatable bonds is 9. The molecule has 0 spiro atoms. The Balaban J connectivity index is 0.000000403. The average Bonchev–Trinajstić information content (AvgIpc) is 2.97. The first kappa shape index (κ1) is 38.7. The Labute approximate surface area is 282 Å². The van der Waals surface area contributed by atoms with Crippen LogP contribution in [0.15, 0.2) is 54.6 Å². The molecule has 0 aliphatic carbocycles. The van der Waals surface area contributed by atoms with Gasteiger partial charge in [0.25, 0.3) is 11.6 Å². The fourth-order valence-electron chi connectivity index (χ4n) is 3.40. The summed E-state index contributed by atoms with van der Waals surface area (Å²) in [5, 5.41) is 14.4. The number of terminal acetylenes is 1. The second-order valence-electron chi connectivity index (χ2n) is 9.86. The zero-order valence-electron chi connectivity index (χ0n) is 25.0. The molecule has 0 heterocycles. The Kier molecular flexibility index (Phi) is 13.5. The van der Waals surface area contributed by atoms with Crippen LogP contribution in [0, 0.1) is 22.5 Å². The number of halogens is 6. The fourth-order valence-corrected chi connectivity index (χ4v) is 4.14. The van der Waals surface area contributed by atoms with Gasteiger partial charge in [-0.1, -0.05) is 40.7 Å². The summed E-state index contributed by atoms with van der Waals surface area (Å²) >= 11 is 17.4. The Bertz CT molecular complexity index is 1690. The third-order valence-corrected chi connectivity index (χ3v) is 6.42. The predicted molar refractivity (Wildman–Crippen MR) is 168 cm³/mol. The molecule has 0 saturated carbocycles. The third-order valence-electron chi connectivity index (χ3n) is 5.69. The number of benzene rings is 3. The number of nitrogens with zero attached hydrogens (tertiary/aromatic N) is 1. The summed E-state index contributed by atoms with van der Waals surface area (Å²) in [6, 6.07) is 10.0. The van der Waals surface area contributed by atoms with Crippen molar-refractivity contribution >= 4 is 58.3 Å². The van der Waals surface area contributed by atoms with E-state index in [9.17, 15) is 37.7 Å². The molecule has 0 fully saturated rings. The van der Waals surface area contributed by atoms with E-state index in [0.29, 0.717) is 21.7 Å². The standard InChI is InChI=1S/C19H15ClF3NO7.C12H11Cl2NO/c1-3-29-17(25)10(2)30-18(26)13-9-12(5-6-15(13)24(27)28)31-16-7-4-11(8-14(16)20)19(21,22)23;1-4-12(2,3)15-11(16)8-5-9(13)7-10(14)6-8/h4-10H,3H2,1-2H3;1,5-7H,2-3H3,(H,15,16). The van der Waals surface area contributed by atoms with Gasteiger partial charge in [0.1, 0.15) is 17.1 Å². The van der Waals surface area contributed by atoms with Crippen molar-refractivity contribution in [2.45, 2.75) is 45.5 Å². The first-order valence-corrected chi connectivity index (χ1v) is 14.4. The van der Waals surface area contributed by atoms with Gasteiger partial charge in [0, 0.05) is 27.7 Å². The highest BCUT2D eigenvalue weighted by atomic mass is 35.5. The number of ether oxygens (including phenoxy) is 3. The normalized spacial score (nSPS) is 11.6. The SMILES string of the molecule is C#CC(C)(C)NC(=O)c1cc(Cl)cc(Cl)c1.CCOC(=O)C(C)OC(=O)c1cc(Oc2ccc(C(F)(F)F)cc2Cl)ccc1[N+](=O)[O-]. The van der Waals surface area contributed by atoms with Crippen LogP contribution in [0.2, 0.25) is 15.1 Å². The summed E-state index contributed by atoms with van der Waals surface area (Å²) in [5.41, 5.74) is -2.48. The van der Waals surface area contributed by atoms with E-state index in [0.717, 1.165) is 30.3 Å². The number of carbonyl (C=O) groups is 3. The lowest BCUT2D eigenvalue weighted by Crippen LogP contribution is -2.42. The molecule has 47 heavy (non-hydrogen) atoms. The van der Waals surface area contributed by atoms with Gasteiger partial charge in [-0.15, -0.1) is 6.42 Å². The Morgan fingerprint density at radius 2 is 1.64 bits per heavy atom. The molecule has 10 nitrogen and oxygen atoms in total. The van der Waals surface area contributed by atoms with Gasteiger partial charge in [0.05, 0.1) is 27.7 Å². The van der Waals surface area contributed by atoms with Gasteiger partial charge in [-0.2, -0.15) is 13.2 Å². The van der Waals surface area contributed by atoms with Crippen molar-refractivity contribution in [1.82, 2.24) is 5.32 Å². The minimum atomic E-state index is -4.61. The van der Waals surface area contributed by atoms with Crippen LogP contribution in [0.25, 0.3) is 0 Å². The Hall–Kier alpha value is -4.51. The summed E-state index contributed by atoms with van der Waals surface area (Å²) in [6.45, 7) is 6.28. The van der Waals surface area contributed by atoms with E-state index < -0.39 is 51.5 Å². The molecular formula is C31H26Cl3F3N2O8. The van der Waals surface area contributed by atoms with E-state index in [2.05, 4.69) is 11.2 Å².